The van der Waals surface area contributed by atoms with Crippen LogP contribution >= 0.6 is 0 Å². The Labute approximate surface area is 151 Å². The molecule has 3 rings (SSSR count). The smallest absolute Gasteiger partial charge is 0.187 e. The SMILES string of the molecule is COc1ccccc1S(=O)(=O)Cc1cc(N)nc(-c2ccc(N)cc2)n1. The number of hydrogen-bond donors (Lipinski definition) is 2. The Morgan fingerprint density at radius 1 is 1.00 bits per heavy atom. The van der Waals surface area contributed by atoms with Gasteiger partial charge in [-0.05, 0) is 36.4 Å². The molecule has 0 unspecified atom stereocenters. The lowest BCUT2D eigenvalue weighted by molar-refractivity contribution is 0.402. The zero-order valence-corrected chi connectivity index (χ0v) is 14.9. The van der Waals surface area contributed by atoms with Crippen molar-refractivity contribution < 1.29 is 13.2 Å². The Kier molecular flexibility index (Phi) is 4.77. The zero-order valence-electron chi connectivity index (χ0n) is 14.1. The summed E-state index contributed by atoms with van der Waals surface area (Å²) in [5.74, 6) is 0.503. The molecule has 8 heteroatoms. The van der Waals surface area contributed by atoms with Gasteiger partial charge in [0, 0.05) is 17.3 Å². The van der Waals surface area contributed by atoms with E-state index in [9.17, 15) is 8.42 Å². The number of ether oxygens (including phenoxy) is 1. The summed E-state index contributed by atoms with van der Waals surface area (Å²) in [5, 5.41) is 0. The van der Waals surface area contributed by atoms with Crippen LogP contribution in [0.15, 0.2) is 59.5 Å². The third-order valence-corrected chi connectivity index (χ3v) is 5.39. The fourth-order valence-corrected chi connectivity index (χ4v) is 3.94. The summed E-state index contributed by atoms with van der Waals surface area (Å²) < 4.78 is 30.7. The molecular weight excluding hydrogens is 352 g/mol. The van der Waals surface area contributed by atoms with Crippen molar-refractivity contribution >= 4 is 21.3 Å². The van der Waals surface area contributed by atoms with Crippen LogP contribution in [-0.4, -0.2) is 25.5 Å². The van der Waals surface area contributed by atoms with Gasteiger partial charge in [-0.2, -0.15) is 0 Å². The van der Waals surface area contributed by atoms with Gasteiger partial charge >= 0.3 is 0 Å². The normalized spacial score (nSPS) is 11.3. The van der Waals surface area contributed by atoms with E-state index >= 15 is 0 Å². The molecular formula is C18H18N4O3S. The van der Waals surface area contributed by atoms with Gasteiger partial charge in [0.05, 0.1) is 18.6 Å². The Bertz CT molecular complexity index is 1030. The Hall–Kier alpha value is -3.13. The summed E-state index contributed by atoms with van der Waals surface area (Å²) >= 11 is 0. The number of hydrogen-bond acceptors (Lipinski definition) is 7. The highest BCUT2D eigenvalue weighted by atomic mass is 32.2. The van der Waals surface area contributed by atoms with Crippen LogP contribution in [-0.2, 0) is 15.6 Å². The van der Waals surface area contributed by atoms with Crippen molar-refractivity contribution in [3.63, 3.8) is 0 Å². The van der Waals surface area contributed by atoms with Crippen molar-refractivity contribution in [1.29, 1.82) is 0 Å². The minimum atomic E-state index is -3.67. The van der Waals surface area contributed by atoms with E-state index in [1.54, 1.807) is 42.5 Å². The number of rotatable bonds is 5. The van der Waals surface area contributed by atoms with Crippen LogP contribution in [0.25, 0.3) is 11.4 Å². The van der Waals surface area contributed by atoms with Crippen molar-refractivity contribution in [2.75, 3.05) is 18.6 Å². The van der Waals surface area contributed by atoms with Crippen molar-refractivity contribution in [1.82, 2.24) is 9.97 Å². The second kappa shape index (κ2) is 7.01. The van der Waals surface area contributed by atoms with Crippen LogP contribution in [0.1, 0.15) is 5.69 Å². The third-order valence-electron chi connectivity index (χ3n) is 3.71. The van der Waals surface area contributed by atoms with Crippen molar-refractivity contribution in [3.05, 3.63) is 60.3 Å². The fourth-order valence-electron chi connectivity index (χ4n) is 2.50. The molecule has 0 aliphatic heterocycles. The summed E-state index contributed by atoms with van der Waals surface area (Å²) in [6.45, 7) is 0. The number of methoxy groups -OCH3 is 1. The third kappa shape index (κ3) is 3.75. The van der Waals surface area contributed by atoms with Gasteiger partial charge in [-0.3, -0.25) is 0 Å². The molecule has 0 saturated carbocycles. The second-order valence-electron chi connectivity index (χ2n) is 5.64. The van der Waals surface area contributed by atoms with Crippen LogP contribution in [0.5, 0.6) is 5.75 Å². The Morgan fingerprint density at radius 3 is 2.38 bits per heavy atom. The average Bonchev–Trinajstić information content (AvgIpc) is 2.61. The van der Waals surface area contributed by atoms with Gasteiger partial charge in [0.1, 0.15) is 16.5 Å². The largest absolute Gasteiger partial charge is 0.495 e. The molecule has 134 valence electrons. The molecule has 0 atom stereocenters. The van der Waals surface area contributed by atoms with Crippen molar-refractivity contribution in [2.24, 2.45) is 0 Å². The molecule has 0 spiro atoms. The number of benzene rings is 2. The maximum atomic E-state index is 12.8. The minimum Gasteiger partial charge on any atom is -0.495 e. The van der Waals surface area contributed by atoms with E-state index in [0.717, 1.165) is 0 Å². The molecule has 0 aliphatic carbocycles. The standard InChI is InChI=1S/C18H18N4O3S/c1-25-15-4-2-3-5-16(15)26(23,24)11-14-10-17(20)22-18(21-14)12-6-8-13(19)9-7-12/h2-10H,11,19H2,1H3,(H2,20,21,22). The highest BCUT2D eigenvalue weighted by Crippen LogP contribution is 2.27. The summed E-state index contributed by atoms with van der Waals surface area (Å²) in [6.07, 6.45) is 0. The fraction of sp³-hybridized carbons (Fsp3) is 0.111. The lowest BCUT2D eigenvalue weighted by Crippen LogP contribution is -2.10. The molecule has 0 radical (unpaired) electrons. The zero-order chi connectivity index (χ0) is 18.7. The van der Waals surface area contributed by atoms with Gasteiger partial charge in [0.15, 0.2) is 15.7 Å². The van der Waals surface area contributed by atoms with Crippen molar-refractivity contribution in [2.45, 2.75) is 10.6 Å². The first-order chi connectivity index (χ1) is 12.4. The summed E-state index contributed by atoms with van der Waals surface area (Å²) in [7, 11) is -2.24. The topological polar surface area (TPSA) is 121 Å². The van der Waals surface area contributed by atoms with E-state index < -0.39 is 9.84 Å². The number of nitrogens with two attached hydrogens (primary N) is 2. The maximum absolute atomic E-state index is 12.8. The first-order valence-electron chi connectivity index (χ1n) is 7.74. The number of nitrogen functional groups attached to an aromatic ring is 2. The molecule has 1 aromatic heterocycles. The molecule has 0 aliphatic rings. The first-order valence-corrected chi connectivity index (χ1v) is 9.39. The van der Waals surface area contributed by atoms with Gasteiger partial charge in [-0.1, -0.05) is 12.1 Å². The first kappa shape index (κ1) is 17.7. The van der Waals surface area contributed by atoms with E-state index in [-0.39, 0.29) is 22.2 Å². The van der Waals surface area contributed by atoms with E-state index in [4.69, 9.17) is 16.2 Å². The van der Waals surface area contributed by atoms with Crippen LogP contribution in [0.4, 0.5) is 11.5 Å². The highest BCUT2D eigenvalue weighted by molar-refractivity contribution is 7.90. The van der Waals surface area contributed by atoms with Gasteiger partial charge in [-0.15, -0.1) is 0 Å². The number of sulfone groups is 1. The van der Waals surface area contributed by atoms with Crippen LogP contribution < -0.4 is 16.2 Å². The summed E-state index contributed by atoms with van der Waals surface area (Å²) in [5.41, 5.74) is 13.1. The minimum absolute atomic E-state index is 0.105. The highest BCUT2D eigenvalue weighted by Gasteiger charge is 2.21. The number of aromatic nitrogens is 2. The molecule has 0 amide bonds. The lowest BCUT2D eigenvalue weighted by Gasteiger charge is -2.10. The van der Waals surface area contributed by atoms with E-state index in [2.05, 4.69) is 9.97 Å². The molecule has 2 aromatic carbocycles. The Morgan fingerprint density at radius 2 is 1.69 bits per heavy atom. The average molecular weight is 370 g/mol. The van der Waals surface area contributed by atoms with Gasteiger partial charge < -0.3 is 16.2 Å². The predicted molar refractivity (Wildman–Crippen MR) is 100 cm³/mol. The number of nitrogens with zero attached hydrogens (tertiary/aromatic N) is 2. The molecule has 7 nitrogen and oxygen atoms in total. The predicted octanol–water partition coefficient (Wildman–Crippen LogP) is 2.29. The van der Waals surface area contributed by atoms with Crippen LogP contribution in [0, 0.1) is 0 Å². The molecule has 26 heavy (non-hydrogen) atoms. The second-order valence-corrected chi connectivity index (χ2v) is 7.60. The van der Waals surface area contributed by atoms with E-state index in [1.807, 2.05) is 0 Å². The Balaban J connectivity index is 1.98. The molecule has 3 aromatic rings. The van der Waals surface area contributed by atoms with E-state index in [1.165, 1.54) is 19.2 Å². The van der Waals surface area contributed by atoms with E-state index in [0.29, 0.717) is 22.8 Å². The molecule has 1 heterocycles. The van der Waals surface area contributed by atoms with Gasteiger partial charge in [0.25, 0.3) is 0 Å². The quantitative estimate of drug-likeness (QED) is 0.661. The molecule has 4 N–H and O–H groups in total. The van der Waals surface area contributed by atoms with Gasteiger partial charge in [0.2, 0.25) is 0 Å². The molecule has 0 fully saturated rings. The molecule has 0 saturated heterocycles. The number of para-hydroxylation sites is 1. The lowest BCUT2D eigenvalue weighted by atomic mass is 10.2. The van der Waals surface area contributed by atoms with Gasteiger partial charge in [-0.25, -0.2) is 18.4 Å². The summed E-state index contributed by atoms with van der Waals surface area (Å²) in [6, 6.07) is 14.8. The maximum Gasteiger partial charge on any atom is 0.187 e. The van der Waals surface area contributed by atoms with Crippen LogP contribution in [0.2, 0.25) is 0 Å². The van der Waals surface area contributed by atoms with Crippen LogP contribution in [0.3, 0.4) is 0 Å². The summed E-state index contributed by atoms with van der Waals surface area (Å²) in [4.78, 5) is 8.63. The molecule has 0 bridgehead atoms. The van der Waals surface area contributed by atoms with Crippen molar-refractivity contribution in [3.8, 4) is 17.1 Å². The monoisotopic (exact) mass is 370 g/mol. The number of anilines is 2.